The third-order valence-electron chi connectivity index (χ3n) is 2.78. The fourth-order valence-electron chi connectivity index (χ4n) is 1.71. The van der Waals surface area contributed by atoms with E-state index in [0.717, 1.165) is 0 Å². The van der Waals surface area contributed by atoms with Gasteiger partial charge in [0.25, 0.3) is 5.91 Å². The van der Waals surface area contributed by atoms with Gasteiger partial charge in [-0.25, -0.2) is 0 Å². The number of methoxy groups -OCH3 is 2. The Morgan fingerprint density at radius 1 is 1.35 bits per heavy atom. The molecule has 0 saturated heterocycles. The van der Waals surface area contributed by atoms with E-state index in [9.17, 15) is 4.79 Å². The van der Waals surface area contributed by atoms with Gasteiger partial charge in [0.2, 0.25) is 0 Å². The summed E-state index contributed by atoms with van der Waals surface area (Å²) < 4.78 is 10.3. The smallest absolute Gasteiger partial charge is 0.254 e. The van der Waals surface area contributed by atoms with Gasteiger partial charge in [-0.2, -0.15) is 0 Å². The second-order valence-electron chi connectivity index (χ2n) is 3.98. The number of nitrogens with two attached hydrogens (primary N) is 1. The second-order valence-corrected chi connectivity index (χ2v) is 3.98. The topological polar surface area (TPSA) is 97.4 Å². The number of nitrogens with zero attached hydrogens (tertiary/aromatic N) is 2. The summed E-state index contributed by atoms with van der Waals surface area (Å²) in [4.78, 5) is 13.8. The average molecular weight is 281 g/mol. The number of ether oxygens (including phenoxy) is 2. The largest absolute Gasteiger partial charge is 0.493 e. The van der Waals surface area contributed by atoms with Crippen molar-refractivity contribution < 1.29 is 19.5 Å². The highest BCUT2D eigenvalue weighted by Crippen LogP contribution is 2.27. The molecule has 3 N–H and O–H groups in total. The van der Waals surface area contributed by atoms with Crippen LogP contribution in [0.15, 0.2) is 23.4 Å². The summed E-state index contributed by atoms with van der Waals surface area (Å²) in [6.45, 7) is 2.30. The van der Waals surface area contributed by atoms with Crippen LogP contribution in [0.1, 0.15) is 17.3 Å². The van der Waals surface area contributed by atoms with Crippen molar-refractivity contribution in [1.82, 2.24) is 4.90 Å². The maximum absolute atomic E-state index is 12.3. The molecule has 1 amide bonds. The first-order valence-corrected chi connectivity index (χ1v) is 6.05. The van der Waals surface area contributed by atoms with Gasteiger partial charge >= 0.3 is 0 Å². The maximum atomic E-state index is 12.3. The number of benzene rings is 1. The normalized spacial score (nSPS) is 11.1. The van der Waals surface area contributed by atoms with Crippen molar-refractivity contribution in [2.75, 3.05) is 27.3 Å². The lowest BCUT2D eigenvalue weighted by Crippen LogP contribution is -2.38. The van der Waals surface area contributed by atoms with E-state index < -0.39 is 0 Å². The second kappa shape index (κ2) is 7.22. The zero-order valence-corrected chi connectivity index (χ0v) is 11.8. The van der Waals surface area contributed by atoms with Crippen LogP contribution in [0.3, 0.4) is 0 Å². The van der Waals surface area contributed by atoms with E-state index in [1.54, 1.807) is 18.2 Å². The van der Waals surface area contributed by atoms with Gasteiger partial charge in [-0.15, -0.1) is 0 Å². The summed E-state index contributed by atoms with van der Waals surface area (Å²) in [7, 11) is 3.02. The van der Waals surface area contributed by atoms with Crippen LogP contribution in [0.25, 0.3) is 0 Å². The number of oxime groups is 1. The fourth-order valence-corrected chi connectivity index (χ4v) is 1.71. The number of carbonyl (C=O) groups is 1. The molecule has 0 bridgehead atoms. The highest BCUT2D eigenvalue weighted by atomic mass is 16.5. The van der Waals surface area contributed by atoms with Gasteiger partial charge in [-0.3, -0.25) is 4.79 Å². The van der Waals surface area contributed by atoms with Crippen LogP contribution in [-0.4, -0.2) is 49.2 Å². The number of hydrogen-bond donors (Lipinski definition) is 2. The van der Waals surface area contributed by atoms with Crippen molar-refractivity contribution in [3.63, 3.8) is 0 Å². The van der Waals surface area contributed by atoms with Gasteiger partial charge < -0.3 is 25.3 Å². The maximum Gasteiger partial charge on any atom is 0.254 e. The Kier molecular flexibility index (Phi) is 5.64. The number of likely N-dealkylation sites (N-methyl/N-ethyl adjacent to an activating group) is 1. The van der Waals surface area contributed by atoms with Gasteiger partial charge in [-0.05, 0) is 25.1 Å². The minimum atomic E-state index is -0.236. The number of rotatable bonds is 6. The highest BCUT2D eigenvalue weighted by Gasteiger charge is 2.17. The fraction of sp³-hybridized carbons (Fsp3) is 0.385. The molecule has 7 heteroatoms. The highest BCUT2D eigenvalue weighted by molar-refractivity contribution is 5.97. The Morgan fingerprint density at radius 2 is 2.00 bits per heavy atom. The zero-order valence-electron chi connectivity index (χ0n) is 11.8. The van der Waals surface area contributed by atoms with Crippen molar-refractivity contribution in [1.29, 1.82) is 0 Å². The van der Waals surface area contributed by atoms with Crippen molar-refractivity contribution >= 4 is 11.7 Å². The van der Waals surface area contributed by atoms with Crippen LogP contribution in [0.5, 0.6) is 11.5 Å². The molecule has 0 aliphatic carbocycles. The molecule has 0 atom stereocenters. The molecule has 0 radical (unpaired) electrons. The van der Waals surface area contributed by atoms with Crippen LogP contribution < -0.4 is 15.2 Å². The molecule has 1 aromatic rings. The van der Waals surface area contributed by atoms with Gasteiger partial charge in [0.05, 0.1) is 20.8 Å². The summed E-state index contributed by atoms with van der Waals surface area (Å²) in [5.41, 5.74) is 5.87. The molecule has 0 aliphatic rings. The zero-order chi connectivity index (χ0) is 15.1. The van der Waals surface area contributed by atoms with E-state index in [1.165, 1.54) is 19.1 Å². The number of amidine groups is 1. The minimum Gasteiger partial charge on any atom is -0.493 e. The van der Waals surface area contributed by atoms with Crippen molar-refractivity contribution in [3.05, 3.63) is 23.8 Å². The summed E-state index contributed by atoms with van der Waals surface area (Å²) in [5.74, 6) is 0.752. The lowest BCUT2D eigenvalue weighted by atomic mass is 10.1. The molecule has 0 unspecified atom stereocenters. The molecule has 0 aliphatic heterocycles. The molecule has 1 aromatic carbocycles. The molecule has 7 nitrogen and oxygen atoms in total. The SMILES string of the molecule is CCN(CC(N)=NO)C(=O)c1ccc(OC)c(OC)c1. The first-order valence-electron chi connectivity index (χ1n) is 6.05. The average Bonchev–Trinajstić information content (AvgIpc) is 2.50. The van der Waals surface area contributed by atoms with Gasteiger partial charge in [0.1, 0.15) is 0 Å². The van der Waals surface area contributed by atoms with Crippen LogP contribution in [-0.2, 0) is 0 Å². The molecular formula is C13H19N3O4. The van der Waals surface area contributed by atoms with Gasteiger partial charge in [0.15, 0.2) is 17.3 Å². The van der Waals surface area contributed by atoms with Crippen LogP contribution in [0.2, 0.25) is 0 Å². The third kappa shape index (κ3) is 3.53. The Hall–Kier alpha value is -2.44. The molecule has 0 aromatic heterocycles. The van der Waals surface area contributed by atoms with E-state index in [0.29, 0.717) is 23.6 Å². The quantitative estimate of drug-likeness (QED) is 0.349. The van der Waals surface area contributed by atoms with Crippen molar-refractivity contribution in [3.8, 4) is 11.5 Å². The van der Waals surface area contributed by atoms with E-state index >= 15 is 0 Å². The van der Waals surface area contributed by atoms with Crippen molar-refractivity contribution in [2.24, 2.45) is 10.9 Å². The molecular weight excluding hydrogens is 262 g/mol. The molecule has 1 rings (SSSR count). The Morgan fingerprint density at radius 3 is 2.50 bits per heavy atom. The predicted octanol–water partition coefficient (Wildman–Crippen LogP) is 0.912. The standard InChI is InChI=1S/C13H19N3O4/c1-4-16(8-12(14)15-18)13(17)9-5-6-10(19-2)11(7-9)20-3/h5-7,18H,4,8H2,1-3H3,(H2,14,15). The van der Waals surface area contributed by atoms with Gasteiger partial charge in [0, 0.05) is 12.1 Å². The summed E-state index contributed by atoms with van der Waals surface area (Å²) in [6, 6.07) is 4.89. The number of carbonyl (C=O) groups excluding carboxylic acids is 1. The van der Waals surface area contributed by atoms with Crippen LogP contribution in [0.4, 0.5) is 0 Å². The van der Waals surface area contributed by atoms with Crippen molar-refractivity contribution in [2.45, 2.75) is 6.92 Å². The Labute approximate surface area is 117 Å². The summed E-state index contributed by atoms with van der Waals surface area (Å²) in [5, 5.41) is 11.4. The number of amides is 1. The molecule has 0 heterocycles. The summed E-state index contributed by atoms with van der Waals surface area (Å²) in [6.07, 6.45) is 0. The first kappa shape index (κ1) is 15.6. The number of hydrogen-bond acceptors (Lipinski definition) is 5. The monoisotopic (exact) mass is 281 g/mol. The third-order valence-corrected chi connectivity index (χ3v) is 2.78. The first-order chi connectivity index (χ1) is 9.57. The van der Waals surface area contributed by atoms with E-state index in [2.05, 4.69) is 5.16 Å². The van der Waals surface area contributed by atoms with Gasteiger partial charge in [-0.1, -0.05) is 5.16 Å². The van der Waals surface area contributed by atoms with Crippen LogP contribution >= 0.6 is 0 Å². The molecule has 110 valence electrons. The molecule has 0 saturated carbocycles. The minimum absolute atomic E-state index is 0.0272. The lowest BCUT2D eigenvalue weighted by molar-refractivity contribution is 0.0785. The molecule has 0 fully saturated rings. The van der Waals surface area contributed by atoms with E-state index in [4.69, 9.17) is 20.4 Å². The van der Waals surface area contributed by atoms with Crippen LogP contribution in [0, 0.1) is 0 Å². The Balaban J connectivity index is 3.00. The molecule has 0 spiro atoms. The summed E-state index contributed by atoms with van der Waals surface area (Å²) >= 11 is 0. The van der Waals surface area contributed by atoms with E-state index in [1.807, 2.05) is 6.92 Å². The lowest BCUT2D eigenvalue weighted by Gasteiger charge is -2.20. The molecule has 20 heavy (non-hydrogen) atoms. The predicted molar refractivity (Wildman–Crippen MR) is 74.5 cm³/mol. The van der Waals surface area contributed by atoms with E-state index in [-0.39, 0.29) is 18.3 Å². The Bertz CT molecular complexity index is 502.